The second kappa shape index (κ2) is 9.06. The number of likely N-dealkylation sites (tertiary alicyclic amines) is 1. The lowest BCUT2D eigenvalue weighted by atomic mass is 10.0. The smallest absolute Gasteiger partial charge is 0.236 e. The second-order valence-corrected chi connectivity index (χ2v) is 6.39. The van der Waals surface area contributed by atoms with Gasteiger partial charge in [0.2, 0.25) is 11.8 Å². The number of nitrogens with zero attached hydrogens (tertiary/aromatic N) is 2. The summed E-state index contributed by atoms with van der Waals surface area (Å²) in [5, 5.41) is 3.10. The molecule has 1 unspecified atom stereocenters. The minimum Gasteiger partial charge on any atom is -0.496 e. The molecule has 1 aromatic carbocycles. The van der Waals surface area contributed by atoms with Gasteiger partial charge in [0.1, 0.15) is 5.75 Å². The quantitative estimate of drug-likeness (QED) is 0.865. The van der Waals surface area contributed by atoms with Crippen LogP contribution in [0.25, 0.3) is 0 Å². The van der Waals surface area contributed by atoms with Crippen molar-refractivity contribution in [1.29, 1.82) is 0 Å². The van der Waals surface area contributed by atoms with Gasteiger partial charge in [0.15, 0.2) is 0 Å². The maximum absolute atomic E-state index is 12.7. The van der Waals surface area contributed by atoms with E-state index in [1.165, 1.54) is 0 Å². The molecular weight excluding hydrogens is 342 g/mol. The second-order valence-electron chi connectivity index (χ2n) is 6.39. The Morgan fingerprint density at radius 2 is 2.12 bits per heavy atom. The minimum absolute atomic E-state index is 0. The number of piperidine rings is 1. The van der Waals surface area contributed by atoms with Crippen molar-refractivity contribution in [1.82, 2.24) is 15.1 Å². The summed E-state index contributed by atoms with van der Waals surface area (Å²) in [6.45, 7) is 3.38. The van der Waals surface area contributed by atoms with Gasteiger partial charge in [-0.3, -0.25) is 9.59 Å². The van der Waals surface area contributed by atoms with Gasteiger partial charge in [-0.25, -0.2) is 0 Å². The summed E-state index contributed by atoms with van der Waals surface area (Å²) in [5.74, 6) is 0.994. The maximum atomic E-state index is 12.7. The van der Waals surface area contributed by atoms with E-state index in [0.717, 1.165) is 43.8 Å². The van der Waals surface area contributed by atoms with Crippen molar-refractivity contribution < 1.29 is 14.3 Å². The number of benzene rings is 1. The van der Waals surface area contributed by atoms with Crippen LogP contribution in [-0.4, -0.2) is 67.5 Å². The Morgan fingerprint density at radius 3 is 2.88 bits per heavy atom. The Morgan fingerprint density at radius 1 is 1.32 bits per heavy atom. The summed E-state index contributed by atoms with van der Waals surface area (Å²) < 4.78 is 5.33. The SMILES string of the molecule is COc1ccccc1CC(=O)N1CCCC(N2CCNCC2=O)C1.Cl. The number of methoxy groups -OCH3 is 1. The van der Waals surface area contributed by atoms with Gasteiger partial charge >= 0.3 is 0 Å². The highest BCUT2D eigenvalue weighted by molar-refractivity contribution is 5.85. The van der Waals surface area contributed by atoms with Crippen molar-refractivity contribution >= 4 is 24.2 Å². The normalized spacial score (nSPS) is 20.8. The minimum atomic E-state index is 0. The molecule has 2 amide bonds. The van der Waals surface area contributed by atoms with Gasteiger partial charge in [0, 0.05) is 37.8 Å². The first-order chi connectivity index (χ1) is 11.7. The molecule has 6 nitrogen and oxygen atoms in total. The largest absolute Gasteiger partial charge is 0.496 e. The summed E-state index contributed by atoms with van der Waals surface area (Å²) in [6, 6.07) is 7.78. The van der Waals surface area contributed by atoms with Gasteiger partial charge in [-0.05, 0) is 18.9 Å². The zero-order valence-corrected chi connectivity index (χ0v) is 15.4. The molecule has 2 heterocycles. The Bertz CT molecular complexity index is 611. The molecule has 0 saturated carbocycles. The molecule has 138 valence electrons. The summed E-state index contributed by atoms with van der Waals surface area (Å²) in [7, 11) is 1.62. The lowest BCUT2D eigenvalue weighted by molar-refractivity contribution is -0.140. The molecule has 1 atom stereocenters. The number of ether oxygens (including phenoxy) is 1. The van der Waals surface area contributed by atoms with Gasteiger partial charge in [0.25, 0.3) is 0 Å². The monoisotopic (exact) mass is 367 g/mol. The Labute approximate surface area is 154 Å². The Hall–Kier alpha value is -1.79. The van der Waals surface area contributed by atoms with Gasteiger partial charge in [-0.15, -0.1) is 12.4 Å². The number of amides is 2. The Kier molecular flexibility index (Phi) is 7.08. The fourth-order valence-electron chi connectivity index (χ4n) is 3.57. The van der Waals surface area contributed by atoms with Crippen LogP contribution in [0.15, 0.2) is 24.3 Å². The van der Waals surface area contributed by atoms with Crippen molar-refractivity contribution in [3.63, 3.8) is 0 Å². The van der Waals surface area contributed by atoms with Gasteiger partial charge in [-0.2, -0.15) is 0 Å². The van der Waals surface area contributed by atoms with E-state index in [2.05, 4.69) is 5.32 Å². The topological polar surface area (TPSA) is 61.9 Å². The third kappa shape index (κ3) is 4.64. The average molecular weight is 368 g/mol. The Balaban J connectivity index is 0.00000225. The summed E-state index contributed by atoms with van der Waals surface area (Å²) in [5.41, 5.74) is 0.908. The lowest BCUT2D eigenvalue weighted by Crippen LogP contribution is -2.57. The summed E-state index contributed by atoms with van der Waals surface area (Å²) in [4.78, 5) is 28.6. The number of carbonyl (C=O) groups excluding carboxylic acids is 2. The molecule has 25 heavy (non-hydrogen) atoms. The molecule has 2 aliphatic rings. The van der Waals surface area contributed by atoms with Crippen molar-refractivity contribution in [3.8, 4) is 5.75 Å². The van der Waals surface area contributed by atoms with E-state index in [0.29, 0.717) is 19.5 Å². The molecule has 7 heteroatoms. The van der Waals surface area contributed by atoms with E-state index in [9.17, 15) is 9.59 Å². The van der Waals surface area contributed by atoms with Crippen LogP contribution in [0.5, 0.6) is 5.75 Å². The first-order valence-electron chi connectivity index (χ1n) is 8.59. The molecule has 0 spiro atoms. The lowest BCUT2D eigenvalue weighted by Gasteiger charge is -2.41. The van der Waals surface area contributed by atoms with E-state index in [1.54, 1.807) is 7.11 Å². The number of hydrogen-bond donors (Lipinski definition) is 1. The first-order valence-corrected chi connectivity index (χ1v) is 8.59. The molecule has 0 radical (unpaired) electrons. The summed E-state index contributed by atoms with van der Waals surface area (Å²) >= 11 is 0. The molecule has 2 fully saturated rings. The van der Waals surface area contributed by atoms with Crippen LogP contribution in [0.4, 0.5) is 0 Å². The molecular formula is C18H26ClN3O3. The van der Waals surface area contributed by atoms with Crippen LogP contribution in [0.2, 0.25) is 0 Å². The van der Waals surface area contributed by atoms with Crippen molar-refractivity contribution in [2.75, 3.05) is 39.8 Å². The molecule has 2 saturated heterocycles. The third-order valence-electron chi connectivity index (χ3n) is 4.85. The first kappa shape index (κ1) is 19.5. The number of halogens is 1. The van der Waals surface area contributed by atoms with Crippen LogP contribution in [-0.2, 0) is 16.0 Å². The highest BCUT2D eigenvalue weighted by Crippen LogP contribution is 2.21. The molecule has 2 aliphatic heterocycles. The molecule has 3 rings (SSSR count). The zero-order chi connectivity index (χ0) is 16.9. The van der Waals surface area contributed by atoms with E-state index in [-0.39, 0.29) is 30.3 Å². The van der Waals surface area contributed by atoms with Gasteiger partial charge < -0.3 is 19.9 Å². The number of carbonyl (C=O) groups is 2. The molecule has 0 bridgehead atoms. The highest BCUT2D eigenvalue weighted by atomic mass is 35.5. The predicted molar refractivity (Wildman–Crippen MR) is 98.1 cm³/mol. The van der Waals surface area contributed by atoms with Crippen molar-refractivity contribution in [2.45, 2.75) is 25.3 Å². The molecule has 1 N–H and O–H groups in total. The number of hydrogen-bond acceptors (Lipinski definition) is 4. The number of piperazine rings is 1. The summed E-state index contributed by atoms with van der Waals surface area (Å²) in [6.07, 6.45) is 2.26. The van der Waals surface area contributed by atoms with Crippen molar-refractivity contribution in [3.05, 3.63) is 29.8 Å². The van der Waals surface area contributed by atoms with Crippen molar-refractivity contribution in [2.24, 2.45) is 0 Å². The molecule has 0 aromatic heterocycles. The van der Waals surface area contributed by atoms with E-state index < -0.39 is 0 Å². The highest BCUT2D eigenvalue weighted by Gasteiger charge is 2.31. The zero-order valence-electron chi connectivity index (χ0n) is 14.6. The number of para-hydroxylation sites is 1. The van der Waals surface area contributed by atoms with Crippen LogP contribution >= 0.6 is 12.4 Å². The third-order valence-corrected chi connectivity index (χ3v) is 4.85. The van der Waals surface area contributed by atoms with E-state index in [4.69, 9.17) is 4.74 Å². The number of nitrogens with one attached hydrogen (secondary N) is 1. The van der Waals surface area contributed by atoms with Crippen LogP contribution in [0.3, 0.4) is 0 Å². The van der Waals surface area contributed by atoms with E-state index in [1.807, 2.05) is 34.1 Å². The average Bonchev–Trinajstić information content (AvgIpc) is 2.62. The fraction of sp³-hybridized carbons (Fsp3) is 0.556. The molecule has 1 aromatic rings. The maximum Gasteiger partial charge on any atom is 0.236 e. The molecule has 0 aliphatic carbocycles. The fourth-order valence-corrected chi connectivity index (χ4v) is 3.57. The van der Waals surface area contributed by atoms with Gasteiger partial charge in [-0.1, -0.05) is 18.2 Å². The van der Waals surface area contributed by atoms with E-state index >= 15 is 0 Å². The van der Waals surface area contributed by atoms with Crippen LogP contribution in [0.1, 0.15) is 18.4 Å². The van der Waals surface area contributed by atoms with Crippen LogP contribution in [0, 0.1) is 0 Å². The van der Waals surface area contributed by atoms with Gasteiger partial charge in [0.05, 0.1) is 20.1 Å². The van der Waals surface area contributed by atoms with Crippen LogP contribution < -0.4 is 10.1 Å². The standard InChI is InChI=1S/C18H25N3O3.ClH/c1-24-16-7-3-2-5-14(16)11-17(22)20-9-4-6-15(13-20)21-10-8-19-12-18(21)23;/h2-3,5,7,15,19H,4,6,8-13H2,1H3;1H. The predicted octanol–water partition coefficient (Wildman–Crippen LogP) is 1.08. The number of rotatable bonds is 4.